The van der Waals surface area contributed by atoms with Crippen LogP contribution in [0.25, 0.3) is 0 Å². The molecule has 2 N–H and O–H groups in total. The van der Waals surface area contributed by atoms with Gasteiger partial charge in [0.2, 0.25) is 0 Å². The number of benzene rings is 2. The van der Waals surface area contributed by atoms with Crippen molar-refractivity contribution in [2.75, 3.05) is 23.8 Å². The molecule has 2 heterocycles. The number of hydrogen-bond donors (Lipinski definition) is 2. The summed E-state index contributed by atoms with van der Waals surface area (Å²) in [7, 11) is 0. The number of nitrogens with zero attached hydrogens (tertiary/aromatic N) is 1. The molecule has 0 radical (unpaired) electrons. The van der Waals surface area contributed by atoms with Crippen molar-refractivity contribution in [2.45, 2.75) is 31.8 Å². The second kappa shape index (κ2) is 6.70. The summed E-state index contributed by atoms with van der Waals surface area (Å²) < 4.78 is 5.59. The maximum atomic E-state index is 6.39. The fourth-order valence-corrected chi connectivity index (χ4v) is 3.79. The van der Waals surface area contributed by atoms with Gasteiger partial charge < -0.3 is 15.4 Å². The molecule has 1 saturated heterocycles. The normalized spacial score (nSPS) is 20.0. The first-order chi connectivity index (χ1) is 12.2. The van der Waals surface area contributed by atoms with Crippen LogP contribution in [0.15, 0.2) is 47.5 Å². The van der Waals surface area contributed by atoms with Crippen molar-refractivity contribution in [3.63, 3.8) is 0 Å². The van der Waals surface area contributed by atoms with Crippen LogP contribution in [-0.2, 0) is 11.3 Å². The topological polar surface area (TPSA) is 45.7 Å². The predicted octanol–water partition coefficient (Wildman–Crippen LogP) is 4.63. The fourth-order valence-electron chi connectivity index (χ4n) is 3.56. The lowest BCUT2D eigenvalue weighted by Gasteiger charge is -2.44. The van der Waals surface area contributed by atoms with Crippen LogP contribution in [-0.4, -0.2) is 24.6 Å². The van der Waals surface area contributed by atoms with Crippen LogP contribution in [0.2, 0.25) is 5.02 Å². The van der Waals surface area contributed by atoms with E-state index >= 15 is 0 Å². The number of nitrogens with one attached hydrogen (secondary N) is 2. The van der Waals surface area contributed by atoms with Gasteiger partial charge >= 0.3 is 0 Å². The quantitative estimate of drug-likeness (QED) is 0.825. The number of hydrogen-bond acceptors (Lipinski definition) is 3. The van der Waals surface area contributed by atoms with E-state index in [-0.39, 0.29) is 5.54 Å². The highest BCUT2D eigenvalue weighted by Crippen LogP contribution is 2.40. The minimum Gasteiger partial charge on any atom is -0.381 e. The fraction of sp³-hybridized carbons (Fsp3) is 0.350. The van der Waals surface area contributed by atoms with E-state index in [2.05, 4.69) is 47.9 Å². The molecular formula is C20H22ClN3O. The first kappa shape index (κ1) is 16.4. The Morgan fingerprint density at radius 1 is 1.16 bits per heavy atom. The Morgan fingerprint density at radius 2 is 1.96 bits per heavy atom. The zero-order valence-corrected chi connectivity index (χ0v) is 15.1. The van der Waals surface area contributed by atoms with Crippen molar-refractivity contribution >= 4 is 28.8 Å². The standard InChI is InChI=1S/C20H22ClN3O/c1-14-4-2-5-15(12-14)13-22-19-20(8-10-25-11-9-20)24-17-7-3-6-16(21)18(17)23-19/h2-7,12,24H,8-11,13H2,1H3,(H,22,23). The van der Waals surface area contributed by atoms with Crippen molar-refractivity contribution in [1.29, 1.82) is 0 Å². The third-order valence-electron chi connectivity index (χ3n) is 4.93. The highest BCUT2D eigenvalue weighted by molar-refractivity contribution is 6.35. The third-order valence-corrected chi connectivity index (χ3v) is 5.25. The Hall–Kier alpha value is -2.04. The largest absolute Gasteiger partial charge is 0.381 e. The van der Waals surface area contributed by atoms with Gasteiger partial charge in [0, 0.05) is 26.1 Å². The van der Waals surface area contributed by atoms with Crippen molar-refractivity contribution in [1.82, 2.24) is 0 Å². The average Bonchev–Trinajstić information content (AvgIpc) is 2.61. The molecule has 4 rings (SSSR count). The third kappa shape index (κ3) is 3.24. The molecule has 4 nitrogen and oxygen atoms in total. The molecule has 0 bridgehead atoms. The summed E-state index contributed by atoms with van der Waals surface area (Å²) in [4.78, 5) is 4.94. The van der Waals surface area contributed by atoms with Crippen LogP contribution in [0.5, 0.6) is 0 Å². The van der Waals surface area contributed by atoms with E-state index in [1.807, 2.05) is 12.1 Å². The zero-order valence-electron chi connectivity index (χ0n) is 14.3. The van der Waals surface area contributed by atoms with Gasteiger partial charge in [0.15, 0.2) is 0 Å². The maximum Gasteiger partial charge on any atom is 0.127 e. The number of ether oxygens (including phenoxy) is 1. The van der Waals surface area contributed by atoms with E-state index in [9.17, 15) is 0 Å². The molecule has 0 atom stereocenters. The Bertz CT molecular complexity index is 812. The Balaban J connectivity index is 1.69. The van der Waals surface area contributed by atoms with Gasteiger partial charge in [-0.15, -0.1) is 0 Å². The Morgan fingerprint density at radius 3 is 2.76 bits per heavy atom. The van der Waals surface area contributed by atoms with Gasteiger partial charge in [-0.3, -0.25) is 4.99 Å². The average molecular weight is 356 g/mol. The monoisotopic (exact) mass is 355 g/mol. The van der Waals surface area contributed by atoms with E-state index in [1.165, 1.54) is 11.1 Å². The summed E-state index contributed by atoms with van der Waals surface area (Å²) in [6.45, 7) is 4.21. The molecule has 1 fully saturated rings. The van der Waals surface area contributed by atoms with Crippen LogP contribution in [0.4, 0.5) is 11.4 Å². The second-order valence-corrected chi connectivity index (χ2v) is 7.17. The number of rotatable bonds is 2. The number of para-hydroxylation sites is 1. The number of halogens is 1. The van der Waals surface area contributed by atoms with Gasteiger partial charge in [-0.2, -0.15) is 0 Å². The van der Waals surface area contributed by atoms with Gasteiger partial charge in [0.1, 0.15) is 5.84 Å². The molecule has 0 aromatic heterocycles. The van der Waals surface area contributed by atoms with Crippen LogP contribution in [0.3, 0.4) is 0 Å². The van der Waals surface area contributed by atoms with E-state index in [0.29, 0.717) is 11.6 Å². The predicted molar refractivity (Wildman–Crippen MR) is 104 cm³/mol. The lowest BCUT2D eigenvalue weighted by molar-refractivity contribution is 0.0778. The van der Waals surface area contributed by atoms with Crippen molar-refractivity contribution in [3.8, 4) is 0 Å². The minimum absolute atomic E-state index is 0.209. The second-order valence-electron chi connectivity index (χ2n) is 6.76. The highest BCUT2D eigenvalue weighted by atomic mass is 35.5. The minimum atomic E-state index is -0.209. The molecule has 130 valence electrons. The van der Waals surface area contributed by atoms with Crippen molar-refractivity contribution in [3.05, 3.63) is 58.6 Å². The summed E-state index contributed by atoms with van der Waals surface area (Å²) in [5.74, 6) is 0.956. The number of amidine groups is 1. The van der Waals surface area contributed by atoms with Gasteiger partial charge in [-0.25, -0.2) is 0 Å². The summed E-state index contributed by atoms with van der Waals surface area (Å²) in [5, 5.41) is 7.91. The number of fused-ring (bicyclic) bond motifs is 1. The van der Waals surface area contributed by atoms with E-state index < -0.39 is 0 Å². The van der Waals surface area contributed by atoms with E-state index in [4.69, 9.17) is 21.3 Å². The Labute approximate surface area is 153 Å². The van der Waals surface area contributed by atoms with Crippen molar-refractivity contribution < 1.29 is 4.74 Å². The lowest BCUT2D eigenvalue weighted by Crippen LogP contribution is -2.55. The highest BCUT2D eigenvalue weighted by Gasteiger charge is 2.41. The van der Waals surface area contributed by atoms with Crippen LogP contribution >= 0.6 is 11.6 Å². The molecule has 2 aliphatic heterocycles. The van der Waals surface area contributed by atoms with Gasteiger partial charge in [0.05, 0.1) is 28.5 Å². The van der Waals surface area contributed by atoms with Crippen LogP contribution in [0.1, 0.15) is 24.0 Å². The molecule has 0 unspecified atom stereocenters. The van der Waals surface area contributed by atoms with Crippen molar-refractivity contribution in [2.24, 2.45) is 4.99 Å². The zero-order chi connectivity index (χ0) is 17.3. The van der Waals surface area contributed by atoms with E-state index in [1.54, 1.807) is 0 Å². The molecule has 0 amide bonds. The maximum absolute atomic E-state index is 6.39. The van der Waals surface area contributed by atoms with Gasteiger partial charge in [-0.1, -0.05) is 47.5 Å². The first-order valence-corrected chi connectivity index (χ1v) is 9.06. The summed E-state index contributed by atoms with van der Waals surface area (Å²) >= 11 is 6.39. The summed E-state index contributed by atoms with van der Waals surface area (Å²) in [6.07, 6.45) is 1.78. The molecule has 2 aliphatic rings. The van der Waals surface area contributed by atoms with Crippen LogP contribution in [0, 0.1) is 6.92 Å². The van der Waals surface area contributed by atoms with E-state index in [0.717, 1.165) is 43.3 Å². The van der Waals surface area contributed by atoms with Gasteiger partial charge in [-0.05, 0) is 24.6 Å². The first-order valence-electron chi connectivity index (χ1n) is 8.68. The van der Waals surface area contributed by atoms with Gasteiger partial charge in [0.25, 0.3) is 0 Å². The molecule has 1 spiro atoms. The number of aliphatic imine (C=N–C) groups is 1. The number of aryl methyl sites for hydroxylation is 1. The molecule has 2 aromatic carbocycles. The Kier molecular flexibility index (Phi) is 4.40. The summed E-state index contributed by atoms with van der Waals surface area (Å²) in [5.41, 5.74) is 4.19. The molecule has 0 aliphatic carbocycles. The smallest absolute Gasteiger partial charge is 0.127 e. The molecular weight excluding hydrogens is 334 g/mol. The van der Waals surface area contributed by atoms with Crippen LogP contribution < -0.4 is 10.6 Å². The SMILES string of the molecule is Cc1cccc(CN=C2Nc3c(Cl)cccc3NC23CCOCC3)c1. The molecule has 25 heavy (non-hydrogen) atoms. The molecule has 5 heteroatoms. The lowest BCUT2D eigenvalue weighted by atomic mass is 9.86. The molecule has 0 saturated carbocycles. The summed E-state index contributed by atoms with van der Waals surface area (Å²) in [6, 6.07) is 14.4. The molecule has 2 aromatic rings. The number of anilines is 2.